The van der Waals surface area contributed by atoms with E-state index >= 15 is 0 Å². The third-order valence-corrected chi connectivity index (χ3v) is 5.72. The normalized spacial score (nSPS) is 26.0. The van der Waals surface area contributed by atoms with Gasteiger partial charge in [-0.1, -0.05) is 39.0 Å². The molecule has 1 heterocycles. The van der Waals surface area contributed by atoms with Gasteiger partial charge in [0.25, 0.3) is 0 Å². The zero-order valence-electron chi connectivity index (χ0n) is 14.5. The Morgan fingerprint density at radius 2 is 1.96 bits per heavy atom. The van der Waals surface area contributed by atoms with Crippen LogP contribution in [0.2, 0.25) is 0 Å². The number of sulfonamides is 1. The summed E-state index contributed by atoms with van der Waals surface area (Å²) in [6.07, 6.45) is -0.137. The highest BCUT2D eigenvalue weighted by Crippen LogP contribution is 2.18. The molecule has 2 unspecified atom stereocenters. The molecular formula is C17H28N2O4S. The summed E-state index contributed by atoms with van der Waals surface area (Å²) in [5.41, 5.74) is 0. The van der Waals surface area contributed by atoms with Crippen molar-refractivity contribution >= 4 is 10.0 Å². The number of aliphatic hydroxyl groups excluding tert-OH is 1. The molecule has 1 aliphatic heterocycles. The van der Waals surface area contributed by atoms with E-state index in [9.17, 15) is 13.5 Å². The maximum Gasteiger partial charge on any atom is 0.240 e. The molecule has 2 rings (SSSR count). The molecule has 0 spiro atoms. The van der Waals surface area contributed by atoms with E-state index < -0.39 is 16.3 Å². The fourth-order valence-corrected chi connectivity index (χ4v) is 4.22. The first-order valence-corrected chi connectivity index (χ1v) is 9.88. The SMILES string of the molecule is CC(C)C[C@H](CN[C@H]1C(C)COC1O)NS(=O)(=O)c1ccccc1. The van der Waals surface area contributed by atoms with Crippen LogP contribution in [0.3, 0.4) is 0 Å². The van der Waals surface area contributed by atoms with E-state index in [0.717, 1.165) is 0 Å². The first-order valence-electron chi connectivity index (χ1n) is 8.40. The lowest BCUT2D eigenvalue weighted by Crippen LogP contribution is -2.49. The van der Waals surface area contributed by atoms with E-state index in [2.05, 4.69) is 23.9 Å². The number of ether oxygens (including phenoxy) is 1. The van der Waals surface area contributed by atoms with E-state index in [1.54, 1.807) is 30.3 Å². The molecule has 0 amide bonds. The summed E-state index contributed by atoms with van der Waals surface area (Å²) >= 11 is 0. The second-order valence-corrected chi connectivity index (χ2v) is 8.61. The highest BCUT2D eigenvalue weighted by Gasteiger charge is 2.33. The predicted molar refractivity (Wildman–Crippen MR) is 92.9 cm³/mol. The van der Waals surface area contributed by atoms with Crippen LogP contribution < -0.4 is 10.0 Å². The number of hydrogen-bond acceptors (Lipinski definition) is 5. The molecule has 1 aliphatic rings. The fraction of sp³-hybridized carbons (Fsp3) is 0.647. The Morgan fingerprint density at radius 3 is 2.50 bits per heavy atom. The minimum atomic E-state index is -3.56. The number of nitrogens with one attached hydrogen (secondary N) is 2. The lowest BCUT2D eigenvalue weighted by molar-refractivity contribution is -0.0718. The number of hydrogen-bond donors (Lipinski definition) is 3. The highest BCUT2D eigenvalue weighted by atomic mass is 32.2. The van der Waals surface area contributed by atoms with Crippen molar-refractivity contribution in [3.63, 3.8) is 0 Å². The minimum absolute atomic E-state index is 0.180. The van der Waals surface area contributed by atoms with Crippen molar-refractivity contribution in [3.8, 4) is 0 Å². The van der Waals surface area contributed by atoms with Crippen molar-refractivity contribution in [2.45, 2.75) is 50.5 Å². The van der Waals surface area contributed by atoms with E-state index in [0.29, 0.717) is 25.5 Å². The molecule has 0 radical (unpaired) electrons. The highest BCUT2D eigenvalue weighted by molar-refractivity contribution is 7.89. The molecule has 1 aromatic carbocycles. The van der Waals surface area contributed by atoms with E-state index in [1.165, 1.54) is 0 Å². The lowest BCUT2D eigenvalue weighted by Gasteiger charge is -2.25. The first kappa shape index (κ1) is 19.3. The van der Waals surface area contributed by atoms with Gasteiger partial charge in [0.1, 0.15) is 0 Å². The van der Waals surface area contributed by atoms with Crippen molar-refractivity contribution < 1.29 is 18.3 Å². The molecule has 1 aromatic rings. The van der Waals surface area contributed by atoms with Gasteiger partial charge in [0.05, 0.1) is 17.5 Å². The predicted octanol–water partition coefficient (Wildman–Crippen LogP) is 1.32. The zero-order chi connectivity index (χ0) is 17.7. The number of benzene rings is 1. The quantitative estimate of drug-likeness (QED) is 0.654. The van der Waals surface area contributed by atoms with Crippen LogP contribution >= 0.6 is 0 Å². The van der Waals surface area contributed by atoms with Crippen LogP contribution in [0.15, 0.2) is 35.2 Å². The lowest BCUT2D eigenvalue weighted by atomic mass is 10.0. The molecule has 4 atom stereocenters. The third-order valence-electron chi connectivity index (χ3n) is 4.18. The molecule has 6 nitrogen and oxygen atoms in total. The van der Waals surface area contributed by atoms with Crippen molar-refractivity contribution in [1.82, 2.24) is 10.0 Å². The van der Waals surface area contributed by atoms with Crippen LogP contribution in [0, 0.1) is 11.8 Å². The van der Waals surface area contributed by atoms with Crippen molar-refractivity contribution in [1.29, 1.82) is 0 Å². The smallest absolute Gasteiger partial charge is 0.240 e. The Hall–Kier alpha value is -0.990. The van der Waals surface area contributed by atoms with Crippen molar-refractivity contribution in [3.05, 3.63) is 30.3 Å². The van der Waals surface area contributed by atoms with Gasteiger partial charge in [0, 0.05) is 12.6 Å². The summed E-state index contributed by atoms with van der Waals surface area (Å²) in [7, 11) is -3.56. The fourth-order valence-electron chi connectivity index (χ4n) is 2.95. The van der Waals surface area contributed by atoms with Gasteiger partial charge in [0.2, 0.25) is 10.0 Å². The van der Waals surface area contributed by atoms with Gasteiger partial charge in [-0.05, 0) is 30.4 Å². The maximum atomic E-state index is 12.5. The van der Waals surface area contributed by atoms with Gasteiger partial charge < -0.3 is 15.2 Å². The van der Waals surface area contributed by atoms with E-state index in [1.807, 2.05) is 6.92 Å². The monoisotopic (exact) mass is 356 g/mol. The van der Waals surface area contributed by atoms with Crippen LogP contribution in [0.25, 0.3) is 0 Å². The molecule has 0 saturated carbocycles. The summed E-state index contributed by atoms with van der Waals surface area (Å²) in [5.74, 6) is 0.530. The molecular weight excluding hydrogens is 328 g/mol. The first-order chi connectivity index (χ1) is 11.3. The molecule has 24 heavy (non-hydrogen) atoms. The van der Waals surface area contributed by atoms with Gasteiger partial charge >= 0.3 is 0 Å². The Bertz CT molecular complexity index is 596. The Labute approximate surface area is 144 Å². The van der Waals surface area contributed by atoms with Crippen molar-refractivity contribution in [2.75, 3.05) is 13.2 Å². The Balaban J connectivity index is 2.03. The standard InChI is InChI=1S/C17H28N2O4S/c1-12(2)9-14(10-18-16-13(3)11-23-17(16)20)19-24(21,22)15-7-5-4-6-8-15/h4-8,12-14,16-20H,9-11H2,1-3H3/t13?,14-,16+,17?/m1/s1. The van der Waals surface area contributed by atoms with Gasteiger partial charge in [0.15, 0.2) is 6.29 Å². The van der Waals surface area contributed by atoms with Gasteiger partial charge in [-0.15, -0.1) is 0 Å². The van der Waals surface area contributed by atoms with Gasteiger partial charge in [-0.3, -0.25) is 0 Å². The zero-order valence-corrected chi connectivity index (χ0v) is 15.3. The maximum absolute atomic E-state index is 12.5. The molecule has 7 heteroatoms. The largest absolute Gasteiger partial charge is 0.367 e. The summed E-state index contributed by atoms with van der Waals surface area (Å²) in [6.45, 7) is 7.06. The molecule has 136 valence electrons. The van der Waals surface area contributed by atoms with Crippen LogP contribution in [-0.2, 0) is 14.8 Å². The minimum Gasteiger partial charge on any atom is -0.367 e. The topological polar surface area (TPSA) is 87.7 Å². The molecule has 0 bridgehead atoms. The number of rotatable bonds is 8. The molecule has 0 aromatic heterocycles. The Morgan fingerprint density at radius 1 is 1.29 bits per heavy atom. The second kappa shape index (κ2) is 8.40. The van der Waals surface area contributed by atoms with Crippen LogP contribution in [0.5, 0.6) is 0 Å². The van der Waals surface area contributed by atoms with Gasteiger partial charge in [-0.25, -0.2) is 13.1 Å². The summed E-state index contributed by atoms with van der Waals surface area (Å²) in [4.78, 5) is 0.261. The molecule has 1 saturated heterocycles. The molecule has 0 aliphatic carbocycles. The van der Waals surface area contributed by atoms with E-state index in [-0.39, 0.29) is 22.9 Å². The average Bonchev–Trinajstić information content (AvgIpc) is 2.84. The van der Waals surface area contributed by atoms with E-state index in [4.69, 9.17) is 4.74 Å². The third kappa shape index (κ3) is 5.26. The van der Waals surface area contributed by atoms with Crippen LogP contribution in [0.1, 0.15) is 27.2 Å². The molecule has 3 N–H and O–H groups in total. The van der Waals surface area contributed by atoms with Gasteiger partial charge in [-0.2, -0.15) is 0 Å². The average molecular weight is 356 g/mol. The summed E-state index contributed by atoms with van der Waals surface area (Å²) in [6, 6.07) is 7.93. The van der Waals surface area contributed by atoms with Crippen LogP contribution in [-0.4, -0.2) is 45.0 Å². The van der Waals surface area contributed by atoms with Crippen LogP contribution in [0.4, 0.5) is 0 Å². The summed E-state index contributed by atoms with van der Waals surface area (Å²) in [5, 5.41) is 13.1. The summed E-state index contributed by atoms with van der Waals surface area (Å²) < 4.78 is 33.1. The number of aliphatic hydroxyl groups is 1. The van der Waals surface area contributed by atoms with Crippen molar-refractivity contribution in [2.24, 2.45) is 11.8 Å². The second-order valence-electron chi connectivity index (χ2n) is 6.90. The Kier molecular flexibility index (Phi) is 6.77. The molecule has 1 fully saturated rings.